The van der Waals surface area contributed by atoms with Gasteiger partial charge < -0.3 is 5.73 Å². The first-order valence-electron chi connectivity index (χ1n) is 4.33. The molecule has 0 aromatic heterocycles. The van der Waals surface area contributed by atoms with Crippen molar-refractivity contribution in [2.24, 2.45) is 5.73 Å². The number of rotatable bonds is 2. The Kier molecular flexibility index (Phi) is 5.50. The highest BCUT2D eigenvalue weighted by atomic mass is 35.5. The molecule has 1 atom stereocenters. The number of hydrogen-bond acceptors (Lipinski definition) is 1. The molecule has 0 spiro atoms. The average molecular weight is 332 g/mol. The highest BCUT2D eigenvalue weighted by Crippen LogP contribution is 2.44. The van der Waals surface area contributed by atoms with Gasteiger partial charge in [0.05, 0.1) is 5.02 Å². The summed E-state index contributed by atoms with van der Waals surface area (Å²) in [6.07, 6.45) is -6.03. The van der Waals surface area contributed by atoms with Gasteiger partial charge in [-0.25, -0.2) is 8.78 Å². The highest BCUT2D eigenvalue weighted by molar-refractivity contribution is 6.30. The van der Waals surface area contributed by atoms with E-state index in [0.717, 1.165) is 0 Å². The fraction of sp³-hybridized carbons (Fsp3) is 0.333. The summed E-state index contributed by atoms with van der Waals surface area (Å²) in [7, 11) is 0. The van der Waals surface area contributed by atoms with Crippen LogP contribution in [0.3, 0.4) is 0 Å². The quantitative estimate of drug-likeness (QED) is 0.636. The molecule has 1 rings (SSSR count). The molecule has 1 aromatic rings. The van der Waals surface area contributed by atoms with Crippen molar-refractivity contribution in [3.05, 3.63) is 34.4 Å². The molecule has 10 heteroatoms. The van der Waals surface area contributed by atoms with E-state index in [4.69, 9.17) is 11.6 Å². The molecule has 0 aliphatic heterocycles. The SMILES string of the molecule is Cl.N[C@H](c1c(F)ccc(Cl)c1F)C(F)(F)C(F)(F)F. The lowest BCUT2D eigenvalue weighted by Crippen LogP contribution is -2.46. The Bertz CT molecular complexity index is 461. The second-order valence-corrected chi connectivity index (χ2v) is 3.76. The zero-order valence-corrected chi connectivity index (χ0v) is 10.3. The van der Waals surface area contributed by atoms with Crippen molar-refractivity contribution >= 4 is 24.0 Å². The van der Waals surface area contributed by atoms with E-state index in [1.165, 1.54) is 0 Å². The van der Waals surface area contributed by atoms with E-state index in [2.05, 4.69) is 5.73 Å². The molecule has 0 unspecified atom stereocenters. The van der Waals surface area contributed by atoms with Gasteiger partial charge in [-0.2, -0.15) is 22.0 Å². The Morgan fingerprint density at radius 3 is 1.95 bits per heavy atom. The van der Waals surface area contributed by atoms with E-state index < -0.39 is 40.4 Å². The highest BCUT2D eigenvalue weighted by Gasteiger charge is 2.62. The summed E-state index contributed by atoms with van der Waals surface area (Å²) in [5, 5.41) is -0.806. The van der Waals surface area contributed by atoms with Crippen molar-refractivity contribution in [2.75, 3.05) is 0 Å². The monoisotopic (exact) mass is 331 g/mol. The molecule has 0 aliphatic rings. The predicted octanol–water partition coefficient (Wildman–Crippen LogP) is 4.24. The maximum atomic E-state index is 13.3. The lowest BCUT2D eigenvalue weighted by Gasteiger charge is -2.26. The summed E-state index contributed by atoms with van der Waals surface area (Å²) in [6.45, 7) is 0. The fourth-order valence-electron chi connectivity index (χ4n) is 1.19. The Hall–Kier alpha value is -0.730. The van der Waals surface area contributed by atoms with Crippen LogP contribution < -0.4 is 5.73 Å². The molecule has 0 radical (unpaired) electrons. The van der Waals surface area contributed by atoms with E-state index in [1.807, 2.05) is 0 Å². The molecule has 1 aromatic carbocycles. The third kappa shape index (κ3) is 3.24. The maximum absolute atomic E-state index is 13.3. The van der Waals surface area contributed by atoms with Crippen molar-refractivity contribution in [2.45, 2.75) is 18.1 Å². The van der Waals surface area contributed by atoms with Crippen molar-refractivity contribution in [3.63, 3.8) is 0 Å². The third-order valence-corrected chi connectivity index (χ3v) is 2.45. The fourth-order valence-corrected chi connectivity index (χ4v) is 1.35. The zero-order chi connectivity index (χ0) is 14.3. The molecule has 0 heterocycles. The molecule has 0 saturated heterocycles. The molecule has 2 N–H and O–H groups in total. The van der Waals surface area contributed by atoms with Gasteiger partial charge in [0.2, 0.25) is 0 Å². The maximum Gasteiger partial charge on any atom is 0.455 e. The number of halogens is 9. The molecule has 0 fully saturated rings. The van der Waals surface area contributed by atoms with Crippen molar-refractivity contribution in [3.8, 4) is 0 Å². The second kappa shape index (κ2) is 5.72. The van der Waals surface area contributed by atoms with Gasteiger partial charge in [0.1, 0.15) is 17.7 Å². The molecular weight excluding hydrogens is 326 g/mol. The van der Waals surface area contributed by atoms with Gasteiger partial charge in [0.25, 0.3) is 0 Å². The molecule has 110 valence electrons. The molecule has 19 heavy (non-hydrogen) atoms. The number of benzene rings is 1. The van der Waals surface area contributed by atoms with Crippen LogP contribution in [0.5, 0.6) is 0 Å². The van der Waals surface area contributed by atoms with Crippen LogP contribution in [0.25, 0.3) is 0 Å². The van der Waals surface area contributed by atoms with Gasteiger partial charge in [0, 0.05) is 5.56 Å². The van der Waals surface area contributed by atoms with Gasteiger partial charge in [-0.15, -0.1) is 12.4 Å². The summed E-state index contributed by atoms with van der Waals surface area (Å²) in [5.41, 5.74) is 3.01. The van der Waals surface area contributed by atoms with E-state index in [1.54, 1.807) is 0 Å². The van der Waals surface area contributed by atoms with E-state index in [0.29, 0.717) is 12.1 Å². The topological polar surface area (TPSA) is 26.0 Å². The van der Waals surface area contributed by atoms with Gasteiger partial charge in [0.15, 0.2) is 0 Å². The summed E-state index contributed by atoms with van der Waals surface area (Å²) >= 11 is 5.17. The first kappa shape index (κ1) is 18.3. The Balaban J connectivity index is 0.00000324. The van der Waals surface area contributed by atoms with Crippen molar-refractivity contribution in [1.29, 1.82) is 0 Å². The van der Waals surface area contributed by atoms with E-state index in [9.17, 15) is 30.7 Å². The van der Waals surface area contributed by atoms with Crippen LogP contribution in [0.1, 0.15) is 11.6 Å². The molecule has 0 aliphatic carbocycles. The summed E-state index contributed by atoms with van der Waals surface area (Å²) in [4.78, 5) is 0. The molecule has 0 saturated carbocycles. The van der Waals surface area contributed by atoms with Crippen LogP contribution in [0.2, 0.25) is 5.02 Å². The van der Waals surface area contributed by atoms with Crippen molar-refractivity contribution < 1.29 is 30.7 Å². The normalized spacial score (nSPS) is 13.9. The molecule has 0 bridgehead atoms. The van der Waals surface area contributed by atoms with Gasteiger partial charge in [-0.1, -0.05) is 11.6 Å². The minimum atomic E-state index is -6.03. The number of alkyl halides is 5. The smallest absolute Gasteiger partial charge is 0.319 e. The Morgan fingerprint density at radius 1 is 1.05 bits per heavy atom. The van der Waals surface area contributed by atoms with Gasteiger partial charge in [-0.3, -0.25) is 0 Å². The molecule has 0 amide bonds. The first-order valence-corrected chi connectivity index (χ1v) is 4.71. The van der Waals surface area contributed by atoms with Gasteiger partial charge >= 0.3 is 12.1 Å². The standard InChI is InChI=1S/C9H5ClF7N.ClH/c10-3-1-2-4(11)5(6(3)12)7(18)8(13,14)9(15,16)17;/h1-2,7H,18H2;1H/t7-;/m1./s1. The zero-order valence-electron chi connectivity index (χ0n) is 8.74. The predicted molar refractivity (Wildman–Crippen MR) is 56.5 cm³/mol. The van der Waals surface area contributed by atoms with Gasteiger partial charge in [-0.05, 0) is 12.1 Å². The molecular formula is C9H6Cl2F7N. The summed E-state index contributed by atoms with van der Waals surface area (Å²) < 4.78 is 88.2. The summed E-state index contributed by atoms with van der Waals surface area (Å²) in [6, 6.07) is -2.10. The van der Waals surface area contributed by atoms with Crippen LogP contribution in [-0.4, -0.2) is 12.1 Å². The van der Waals surface area contributed by atoms with Crippen LogP contribution in [0.15, 0.2) is 12.1 Å². The van der Waals surface area contributed by atoms with Crippen LogP contribution >= 0.6 is 24.0 Å². The van der Waals surface area contributed by atoms with Crippen molar-refractivity contribution in [1.82, 2.24) is 0 Å². The minimum absolute atomic E-state index is 0. The molecule has 1 nitrogen and oxygen atoms in total. The largest absolute Gasteiger partial charge is 0.455 e. The number of hydrogen-bond donors (Lipinski definition) is 1. The minimum Gasteiger partial charge on any atom is -0.319 e. The van der Waals surface area contributed by atoms with E-state index in [-0.39, 0.29) is 12.4 Å². The van der Waals surface area contributed by atoms with Crippen LogP contribution in [-0.2, 0) is 0 Å². The lowest BCUT2D eigenvalue weighted by atomic mass is 10.00. The van der Waals surface area contributed by atoms with E-state index >= 15 is 0 Å². The average Bonchev–Trinajstić information content (AvgIpc) is 2.22. The Labute approximate surface area is 113 Å². The number of nitrogens with two attached hydrogens (primary N) is 1. The first-order chi connectivity index (χ1) is 8.00. The summed E-state index contributed by atoms with van der Waals surface area (Å²) in [5.74, 6) is -8.86. The van der Waals surface area contributed by atoms with Crippen LogP contribution in [0.4, 0.5) is 30.7 Å². The lowest BCUT2D eigenvalue weighted by molar-refractivity contribution is -0.291. The second-order valence-electron chi connectivity index (χ2n) is 3.36. The third-order valence-electron chi connectivity index (χ3n) is 2.16. The Morgan fingerprint density at radius 2 is 1.53 bits per heavy atom. The van der Waals surface area contributed by atoms with Crippen LogP contribution in [0, 0.1) is 11.6 Å².